The summed E-state index contributed by atoms with van der Waals surface area (Å²) in [5, 5.41) is 3.42. The number of amides is 1. The van der Waals surface area contributed by atoms with E-state index in [0.717, 1.165) is 40.7 Å². The lowest BCUT2D eigenvalue weighted by Crippen LogP contribution is -2.43. The number of hydrogen-bond donors (Lipinski definition) is 2. The average Bonchev–Trinajstić information content (AvgIpc) is 3.14. The number of fused-ring (bicyclic) bond motifs is 1. The summed E-state index contributed by atoms with van der Waals surface area (Å²) in [6.07, 6.45) is 1.55. The van der Waals surface area contributed by atoms with Crippen molar-refractivity contribution < 1.29 is 13.2 Å². The van der Waals surface area contributed by atoms with Crippen LogP contribution in [0.1, 0.15) is 72.5 Å². The topological polar surface area (TPSA) is 104 Å². The maximum absolute atomic E-state index is 13.5. The maximum Gasteiger partial charge on any atom is 0.254 e. The minimum absolute atomic E-state index is 0.0949. The smallest absolute Gasteiger partial charge is 0.254 e. The summed E-state index contributed by atoms with van der Waals surface area (Å²) >= 11 is 0. The molecule has 1 unspecified atom stereocenters. The Kier molecular flexibility index (Phi) is 7.67. The second kappa shape index (κ2) is 10.5. The number of benzene rings is 1. The number of H-pyrrole nitrogens is 1. The van der Waals surface area contributed by atoms with Crippen molar-refractivity contribution in [3.63, 3.8) is 0 Å². The number of aromatic nitrogens is 2. The Morgan fingerprint density at radius 2 is 1.76 bits per heavy atom. The van der Waals surface area contributed by atoms with E-state index in [1.807, 2.05) is 51.1 Å². The fourth-order valence-corrected chi connectivity index (χ4v) is 7.00. The summed E-state index contributed by atoms with van der Waals surface area (Å²) in [5.74, 6) is 0.0784. The highest BCUT2D eigenvalue weighted by Crippen LogP contribution is 2.36. The molecule has 1 fully saturated rings. The average molecular weight is 527 g/mol. The van der Waals surface area contributed by atoms with Crippen molar-refractivity contribution in [3.05, 3.63) is 68.8 Å². The Labute approximate surface area is 219 Å². The van der Waals surface area contributed by atoms with Gasteiger partial charge in [-0.1, -0.05) is 18.2 Å². The highest BCUT2D eigenvalue weighted by molar-refractivity contribution is 7.89. The molecular weight excluding hydrogens is 488 g/mol. The molecule has 0 bridgehead atoms. The molecule has 200 valence electrons. The van der Waals surface area contributed by atoms with Gasteiger partial charge in [-0.3, -0.25) is 9.59 Å². The molecule has 0 aliphatic carbocycles. The van der Waals surface area contributed by atoms with E-state index in [-0.39, 0.29) is 30.0 Å². The van der Waals surface area contributed by atoms with E-state index in [4.69, 9.17) is 0 Å². The molecule has 2 aromatic heterocycles. The van der Waals surface area contributed by atoms with Crippen LogP contribution >= 0.6 is 0 Å². The number of carbonyl (C=O) groups excluding carboxylic acids is 1. The monoisotopic (exact) mass is 526 g/mol. The number of para-hydroxylation sites is 1. The standard InChI is InChI=1S/C28H38N4O4S/c1-17(2)37(35,36)31-13-11-22(12-14-31)20(5)32-21(6)26(23-9-7-8-10-25(23)32)28(34)29-16-24-18(3)15-19(4)30-27(24)33/h7-10,15,17,20,22H,11-14,16H2,1-6H3,(H,29,34)(H,30,33). The fourth-order valence-electron chi connectivity index (χ4n) is 5.68. The Morgan fingerprint density at radius 3 is 2.38 bits per heavy atom. The predicted octanol–water partition coefficient (Wildman–Crippen LogP) is 4.20. The molecule has 9 heteroatoms. The Morgan fingerprint density at radius 1 is 1.11 bits per heavy atom. The van der Waals surface area contributed by atoms with Crippen molar-refractivity contribution in [2.75, 3.05) is 13.1 Å². The molecule has 1 aliphatic heterocycles. The number of nitrogens with zero attached hydrogens (tertiary/aromatic N) is 2. The number of hydrogen-bond acceptors (Lipinski definition) is 4. The van der Waals surface area contributed by atoms with Gasteiger partial charge in [0.1, 0.15) is 0 Å². The Bertz CT molecular complexity index is 1480. The molecular formula is C28H38N4O4S. The lowest BCUT2D eigenvalue weighted by Gasteiger charge is -2.36. The van der Waals surface area contributed by atoms with E-state index in [0.29, 0.717) is 24.2 Å². The molecule has 3 heterocycles. The molecule has 1 aliphatic rings. The maximum atomic E-state index is 13.5. The number of pyridine rings is 1. The molecule has 3 aromatic rings. The van der Waals surface area contributed by atoms with Crippen molar-refractivity contribution >= 4 is 26.8 Å². The molecule has 1 amide bonds. The molecule has 2 N–H and O–H groups in total. The third kappa shape index (κ3) is 5.11. The molecule has 8 nitrogen and oxygen atoms in total. The molecule has 1 atom stereocenters. The van der Waals surface area contributed by atoms with Gasteiger partial charge in [0.15, 0.2) is 0 Å². The molecule has 0 spiro atoms. The largest absolute Gasteiger partial charge is 0.348 e. The summed E-state index contributed by atoms with van der Waals surface area (Å²) in [6.45, 7) is 12.5. The zero-order valence-electron chi connectivity index (χ0n) is 22.6. The van der Waals surface area contributed by atoms with Crippen LogP contribution in [0, 0.1) is 26.7 Å². The van der Waals surface area contributed by atoms with Crippen molar-refractivity contribution in [1.82, 2.24) is 19.2 Å². The van der Waals surface area contributed by atoms with Crippen molar-refractivity contribution in [1.29, 1.82) is 0 Å². The van der Waals surface area contributed by atoms with Crippen LogP contribution in [0.15, 0.2) is 35.1 Å². The number of sulfonamides is 1. The summed E-state index contributed by atoms with van der Waals surface area (Å²) in [4.78, 5) is 28.7. The first kappa shape index (κ1) is 27.1. The van der Waals surface area contributed by atoms with E-state index in [2.05, 4.69) is 21.8 Å². The lowest BCUT2D eigenvalue weighted by atomic mass is 9.91. The first-order chi connectivity index (χ1) is 17.4. The highest BCUT2D eigenvalue weighted by atomic mass is 32.2. The van der Waals surface area contributed by atoms with E-state index >= 15 is 0 Å². The van der Waals surface area contributed by atoms with Gasteiger partial charge in [0.2, 0.25) is 10.0 Å². The Balaban J connectivity index is 1.59. The van der Waals surface area contributed by atoms with E-state index in [1.165, 1.54) is 0 Å². The van der Waals surface area contributed by atoms with Crippen molar-refractivity contribution in [3.8, 4) is 0 Å². The van der Waals surface area contributed by atoms with Gasteiger partial charge in [0, 0.05) is 53.5 Å². The van der Waals surface area contributed by atoms with Crippen LogP contribution in [0.2, 0.25) is 0 Å². The minimum atomic E-state index is -3.25. The molecule has 0 saturated carbocycles. The molecule has 0 radical (unpaired) electrons. The van der Waals surface area contributed by atoms with Gasteiger partial charge in [-0.25, -0.2) is 12.7 Å². The Hall–Kier alpha value is -2.91. The summed E-state index contributed by atoms with van der Waals surface area (Å²) < 4.78 is 29.1. The third-order valence-corrected chi connectivity index (χ3v) is 10.1. The van der Waals surface area contributed by atoms with Gasteiger partial charge in [0.05, 0.1) is 10.8 Å². The van der Waals surface area contributed by atoms with Crippen LogP contribution < -0.4 is 10.9 Å². The van der Waals surface area contributed by atoms with Gasteiger partial charge in [-0.15, -0.1) is 0 Å². The van der Waals surface area contributed by atoms with Gasteiger partial charge in [-0.05, 0) is 78.0 Å². The number of aromatic amines is 1. The summed E-state index contributed by atoms with van der Waals surface area (Å²) in [7, 11) is -3.25. The molecule has 4 rings (SSSR count). The van der Waals surface area contributed by atoms with Crippen LogP contribution in [0.5, 0.6) is 0 Å². The van der Waals surface area contributed by atoms with Crippen molar-refractivity contribution in [2.24, 2.45) is 5.92 Å². The predicted molar refractivity (Wildman–Crippen MR) is 147 cm³/mol. The minimum Gasteiger partial charge on any atom is -0.348 e. The van der Waals surface area contributed by atoms with E-state index in [1.54, 1.807) is 18.2 Å². The number of rotatable bonds is 7. The number of carbonyl (C=O) groups is 1. The normalized spacial score (nSPS) is 16.4. The quantitative estimate of drug-likeness (QED) is 0.482. The summed E-state index contributed by atoms with van der Waals surface area (Å²) in [6, 6.07) is 9.89. The van der Waals surface area contributed by atoms with Crippen LogP contribution in [-0.2, 0) is 16.6 Å². The fraction of sp³-hybridized carbons (Fsp3) is 0.500. The van der Waals surface area contributed by atoms with Crippen molar-refractivity contribution in [2.45, 2.75) is 72.2 Å². The molecule has 37 heavy (non-hydrogen) atoms. The second-order valence-corrected chi connectivity index (χ2v) is 13.0. The highest BCUT2D eigenvalue weighted by Gasteiger charge is 2.34. The zero-order chi connectivity index (χ0) is 27.1. The van der Waals surface area contributed by atoms with Gasteiger partial charge >= 0.3 is 0 Å². The zero-order valence-corrected chi connectivity index (χ0v) is 23.4. The van der Waals surface area contributed by atoms with Crippen LogP contribution in [-0.4, -0.2) is 46.5 Å². The van der Waals surface area contributed by atoms with Crippen LogP contribution in [0.25, 0.3) is 10.9 Å². The van der Waals surface area contributed by atoms with E-state index < -0.39 is 15.3 Å². The second-order valence-electron chi connectivity index (χ2n) is 10.5. The SMILES string of the molecule is Cc1cc(C)c(CNC(=O)c2c(C)n(C(C)C3CCN(S(=O)(=O)C(C)C)CC3)c3ccccc23)c(=O)[nH]1. The first-order valence-electron chi connectivity index (χ1n) is 13.0. The number of piperidine rings is 1. The van der Waals surface area contributed by atoms with Gasteiger partial charge < -0.3 is 14.9 Å². The first-order valence-corrected chi connectivity index (χ1v) is 14.5. The van der Waals surface area contributed by atoms with Crippen LogP contribution in [0.3, 0.4) is 0 Å². The van der Waals surface area contributed by atoms with E-state index in [9.17, 15) is 18.0 Å². The summed E-state index contributed by atoms with van der Waals surface area (Å²) in [5.41, 5.74) is 4.48. The third-order valence-electron chi connectivity index (χ3n) is 7.85. The van der Waals surface area contributed by atoms with Crippen LogP contribution in [0.4, 0.5) is 0 Å². The molecule has 1 saturated heterocycles. The molecule has 1 aromatic carbocycles. The van der Waals surface area contributed by atoms with Gasteiger partial charge in [-0.2, -0.15) is 0 Å². The lowest BCUT2D eigenvalue weighted by molar-refractivity contribution is 0.0951. The van der Waals surface area contributed by atoms with Gasteiger partial charge in [0.25, 0.3) is 11.5 Å². The number of nitrogens with one attached hydrogen (secondary N) is 2. The number of aryl methyl sites for hydroxylation is 2.